The summed E-state index contributed by atoms with van der Waals surface area (Å²) >= 11 is 0. The van der Waals surface area contributed by atoms with E-state index in [1.165, 1.54) is 0 Å². The van der Waals surface area contributed by atoms with Gasteiger partial charge in [0.2, 0.25) is 12.0 Å². The molecule has 33 heavy (non-hydrogen) atoms. The molecule has 5 rings (SSSR count). The number of hydrogen-bond acceptors (Lipinski definition) is 8. The first-order valence-corrected chi connectivity index (χ1v) is 10.6. The molecular weight excluding hydrogens is 422 g/mol. The first-order chi connectivity index (χ1) is 16.2. The Morgan fingerprint density at radius 1 is 0.909 bits per heavy atom. The number of para-hydroxylation sites is 1. The van der Waals surface area contributed by atoms with Gasteiger partial charge in [0.15, 0.2) is 23.0 Å². The Morgan fingerprint density at radius 2 is 1.67 bits per heavy atom. The zero-order valence-corrected chi connectivity index (χ0v) is 18.9. The lowest BCUT2D eigenvalue weighted by atomic mass is 9.96. The number of hydrazone groups is 1. The molecule has 2 aromatic carbocycles. The number of pyridine rings is 1. The molecule has 2 atom stereocenters. The minimum absolute atomic E-state index is 0.0249. The maximum Gasteiger partial charge on any atom is 0.214 e. The molecular formula is C25H25N3O5. The van der Waals surface area contributed by atoms with Gasteiger partial charge in [0, 0.05) is 35.5 Å². The zero-order chi connectivity index (χ0) is 22.9. The first kappa shape index (κ1) is 20.9. The smallest absolute Gasteiger partial charge is 0.214 e. The average Bonchev–Trinajstić information content (AvgIpc) is 3.33. The van der Waals surface area contributed by atoms with E-state index in [-0.39, 0.29) is 6.04 Å². The Hall–Kier alpha value is -3.94. The third-order valence-corrected chi connectivity index (χ3v) is 5.97. The van der Waals surface area contributed by atoms with Crippen molar-refractivity contribution in [2.24, 2.45) is 5.10 Å². The molecule has 2 aliphatic rings. The normalized spacial score (nSPS) is 18.5. The lowest BCUT2D eigenvalue weighted by Gasteiger charge is -2.38. The predicted octanol–water partition coefficient (Wildman–Crippen LogP) is 4.36. The summed E-state index contributed by atoms with van der Waals surface area (Å²) in [6.45, 7) is 0. The van der Waals surface area contributed by atoms with E-state index in [2.05, 4.69) is 11.1 Å². The van der Waals surface area contributed by atoms with Crippen molar-refractivity contribution in [2.75, 3.05) is 28.4 Å². The van der Waals surface area contributed by atoms with E-state index < -0.39 is 6.23 Å². The van der Waals surface area contributed by atoms with E-state index >= 15 is 0 Å². The van der Waals surface area contributed by atoms with Crippen LogP contribution in [0.5, 0.6) is 28.7 Å². The Bertz CT molecular complexity index is 1170. The van der Waals surface area contributed by atoms with Crippen LogP contribution in [0.15, 0.2) is 60.0 Å². The van der Waals surface area contributed by atoms with Crippen molar-refractivity contribution in [2.45, 2.75) is 18.7 Å². The molecule has 0 bridgehead atoms. The van der Waals surface area contributed by atoms with Gasteiger partial charge in [-0.25, -0.2) is 5.01 Å². The fourth-order valence-corrected chi connectivity index (χ4v) is 4.42. The molecule has 8 heteroatoms. The van der Waals surface area contributed by atoms with Crippen molar-refractivity contribution >= 4 is 5.71 Å². The summed E-state index contributed by atoms with van der Waals surface area (Å²) in [7, 11) is 6.42. The highest BCUT2D eigenvalue weighted by Crippen LogP contribution is 2.52. The average molecular weight is 447 g/mol. The fourth-order valence-electron chi connectivity index (χ4n) is 4.42. The lowest BCUT2D eigenvalue weighted by molar-refractivity contribution is -0.0211. The summed E-state index contributed by atoms with van der Waals surface area (Å²) in [5.41, 5.74) is 3.78. The molecule has 3 heterocycles. The van der Waals surface area contributed by atoms with Crippen molar-refractivity contribution in [3.8, 4) is 28.7 Å². The standard InChI is InChI=1S/C25H25N3O5/c1-29-20-9-5-8-17-19-13-18(15-7-6-10-26-14-15)27-28(19)25(33-23(17)20)16-11-21(30-2)24(32-4)22(12-16)31-3/h5-12,14,19,25H,13H2,1-4H3/t19-,25+/m1/s1. The summed E-state index contributed by atoms with van der Waals surface area (Å²) in [6.07, 6.45) is 3.78. The molecule has 8 nitrogen and oxygen atoms in total. The summed E-state index contributed by atoms with van der Waals surface area (Å²) in [6, 6.07) is 13.6. The van der Waals surface area contributed by atoms with Gasteiger partial charge in [0.1, 0.15) is 0 Å². The fraction of sp³-hybridized carbons (Fsp3) is 0.280. The number of methoxy groups -OCH3 is 4. The molecule has 170 valence electrons. The molecule has 0 aliphatic carbocycles. The van der Waals surface area contributed by atoms with Crippen LogP contribution >= 0.6 is 0 Å². The zero-order valence-electron chi connectivity index (χ0n) is 18.9. The summed E-state index contributed by atoms with van der Waals surface area (Å²) < 4.78 is 28.8. The maximum atomic E-state index is 6.54. The molecule has 2 aliphatic heterocycles. The molecule has 0 amide bonds. The number of ether oxygens (including phenoxy) is 5. The minimum Gasteiger partial charge on any atom is -0.493 e. The molecule has 0 radical (unpaired) electrons. The molecule has 3 aromatic rings. The third-order valence-electron chi connectivity index (χ3n) is 5.97. The van der Waals surface area contributed by atoms with Crippen molar-refractivity contribution in [1.29, 1.82) is 0 Å². The van der Waals surface area contributed by atoms with Gasteiger partial charge in [-0.2, -0.15) is 5.10 Å². The van der Waals surface area contributed by atoms with E-state index in [4.69, 9.17) is 28.8 Å². The van der Waals surface area contributed by atoms with Crippen molar-refractivity contribution in [3.05, 3.63) is 71.5 Å². The van der Waals surface area contributed by atoms with E-state index in [9.17, 15) is 0 Å². The number of rotatable bonds is 6. The van der Waals surface area contributed by atoms with Gasteiger partial charge in [0.05, 0.1) is 40.2 Å². The van der Waals surface area contributed by atoms with Crippen molar-refractivity contribution in [3.63, 3.8) is 0 Å². The number of benzene rings is 2. The number of fused-ring (bicyclic) bond motifs is 3. The predicted molar refractivity (Wildman–Crippen MR) is 122 cm³/mol. The highest BCUT2D eigenvalue weighted by Gasteiger charge is 2.42. The summed E-state index contributed by atoms with van der Waals surface area (Å²) in [5, 5.41) is 6.97. The van der Waals surface area contributed by atoms with Gasteiger partial charge >= 0.3 is 0 Å². The molecule has 0 saturated heterocycles. The van der Waals surface area contributed by atoms with Crippen LogP contribution < -0.4 is 23.7 Å². The summed E-state index contributed by atoms with van der Waals surface area (Å²) in [4.78, 5) is 4.26. The molecule has 0 N–H and O–H groups in total. The summed E-state index contributed by atoms with van der Waals surface area (Å²) in [5.74, 6) is 3.01. The number of hydrogen-bond donors (Lipinski definition) is 0. The van der Waals surface area contributed by atoms with Crippen LogP contribution in [-0.4, -0.2) is 44.1 Å². The monoisotopic (exact) mass is 447 g/mol. The SMILES string of the molecule is COc1cc([C@@H]2Oc3c(OC)cccc3[C@H]3CC(c4cccnc4)=NN32)cc(OC)c1OC. The van der Waals surface area contributed by atoms with Crippen LogP contribution in [0, 0.1) is 0 Å². The second-order valence-corrected chi connectivity index (χ2v) is 7.70. The van der Waals surface area contributed by atoms with Gasteiger partial charge in [-0.3, -0.25) is 4.98 Å². The third kappa shape index (κ3) is 3.47. The quantitative estimate of drug-likeness (QED) is 0.556. The van der Waals surface area contributed by atoms with Gasteiger partial charge < -0.3 is 23.7 Å². The van der Waals surface area contributed by atoms with Crippen molar-refractivity contribution < 1.29 is 23.7 Å². The van der Waals surface area contributed by atoms with E-state index in [0.717, 1.165) is 28.8 Å². The Labute approximate surface area is 192 Å². The number of aromatic nitrogens is 1. The van der Waals surface area contributed by atoms with Gasteiger partial charge in [-0.15, -0.1) is 0 Å². The van der Waals surface area contributed by atoms with E-state index in [1.54, 1.807) is 34.6 Å². The van der Waals surface area contributed by atoms with E-state index in [1.807, 2.05) is 47.6 Å². The second-order valence-electron chi connectivity index (χ2n) is 7.70. The van der Waals surface area contributed by atoms with Gasteiger partial charge in [-0.05, 0) is 24.3 Å². The lowest BCUT2D eigenvalue weighted by Crippen LogP contribution is -2.34. The van der Waals surface area contributed by atoms with Crippen LogP contribution in [-0.2, 0) is 0 Å². The van der Waals surface area contributed by atoms with Crippen LogP contribution in [0.4, 0.5) is 0 Å². The first-order valence-electron chi connectivity index (χ1n) is 10.6. The van der Waals surface area contributed by atoms with Crippen LogP contribution in [0.25, 0.3) is 0 Å². The highest BCUT2D eigenvalue weighted by atomic mass is 16.5. The topological polar surface area (TPSA) is 74.6 Å². The van der Waals surface area contributed by atoms with Gasteiger partial charge in [-0.1, -0.05) is 18.2 Å². The Balaban J connectivity index is 1.66. The molecule has 0 saturated carbocycles. The van der Waals surface area contributed by atoms with Gasteiger partial charge in [0.25, 0.3) is 0 Å². The maximum absolute atomic E-state index is 6.54. The minimum atomic E-state index is -0.526. The molecule has 0 spiro atoms. The molecule has 0 unspecified atom stereocenters. The molecule has 0 fully saturated rings. The largest absolute Gasteiger partial charge is 0.493 e. The van der Waals surface area contributed by atoms with Crippen LogP contribution in [0.2, 0.25) is 0 Å². The van der Waals surface area contributed by atoms with Crippen molar-refractivity contribution in [1.82, 2.24) is 9.99 Å². The van der Waals surface area contributed by atoms with E-state index in [0.29, 0.717) is 28.7 Å². The second kappa shape index (κ2) is 8.54. The van der Waals surface area contributed by atoms with Crippen LogP contribution in [0.3, 0.4) is 0 Å². The Morgan fingerprint density at radius 3 is 2.30 bits per heavy atom. The Kier molecular flexibility index (Phi) is 5.42. The molecule has 1 aromatic heterocycles. The number of nitrogens with zero attached hydrogens (tertiary/aromatic N) is 3. The highest BCUT2D eigenvalue weighted by molar-refractivity contribution is 6.01. The van der Waals surface area contributed by atoms with Crippen LogP contribution in [0.1, 0.15) is 35.4 Å².